The molecule has 4 rings (SSSR count). The number of carbonyl (C=O) groups is 4. The van der Waals surface area contributed by atoms with Gasteiger partial charge < -0.3 is 20.5 Å². The van der Waals surface area contributed by atoms with Gasteiger partial charge >= 0.3 is 11.9 Å². The van der Waals surface area contributed by atoms with Crippen molar-refractivity contribution >= 4 is 104 Å². The van der Waals surface area contributed by atoms with Crippen LogP contribution in [-0.2, 0) is 22.4 Å². The van der Waals surface area contributed by atoms with E-state index in [0.717, 1.165) is 42.5 Å². The number of aryl methyl sites for hydroxylation is 1. The number of halogens is 4. The normalized spacial score (nSPS) is 12.7. The summed E-state index contributed by atoms with van der Waals surface area (Å²) < 4.78 is 4.99. The van der Waals surface area contributed by atoms with Crippen molar-refractivity contribution in [2.75, 3.05) is 23.5 Å². The number of hydrogen-bond donors (Lipinski definition) is 3. The van der Waals surface area contributed by atoms with Gasteiger partial charge in [-0.25, -0.2) is 9.59 Å². The Morgan fingerprint density at radius 3 is 2.29 bits per heavy atom. The third-order valence-corrected chi connectivity index (χ3v) is 10.2. The number of methoxy groups -OCH3 is 1. The second-order valence-corrected chi connectivity index (χ2v) is 12.6. The molecule has 3 N–H and O–H groups in total. The molecule has 0 spiro atoms. The summed E-state index contributed by atoms with van der Waals surface area (Å²) in [5, 5.41) is 14.3. The van der Waals surface area contributed by atoms with Gasteiger partial charge in [0, 0.05) is 15.5 Å². The van der Waals surface area contributed by atoms with E-state index in [2.05, 4.69) is 10.6 Å². The maximum atomic E-state index is 13.0. The first-order chi connectivity index (χ1) is 19.5. The number of carboxylic acid groups (broad SMARTS) is 1. The smallest absolute Gasteiger partial charge is 0.341 e. The van der Waals surface area contributed by atoms with E-state index in [1.165, 1.54) is 30.2 Å². The highest BCUT2D eigenvalue weighted by Crippen LogP contribution is 2.42. The Morgan fingerprint density at radius 1 is 0.927 bits per heavy atom. The lowest BCUT2D eigenvalue weighted by Gasteiger charge is -2.14. The van der Waals surface area contributed by atoms with Gasteiger partial charge in [-0.15, -0.1) is 23.1 Å². The fourth-order valence-electron chi connectivity index (χ4n) is 4.36. The van der Waals surface area contributed by atoms with E-state index >= 15 is 0 Å². The van der Waals surface area contributed by atoms with Crippen LogP contribution in [0.15, 0.2) is 29.2 Å². The van der Waals surface area contributed by atoms with E-state index in [9.17, 15) is 24.3 Å². The number of carbonyl (C=O) groups excluding carboxylic acids is 3. The number of amides is 2. The lowest BCUT2D eigenvalue weighted by atomic mass is 10.1. The van der Waals surface area contributed by atoms with Crippen molar-refractivity contribution in [2.45, 2.75) is 37.0 Å². The predicted octanol–water partition coefficient (Wildman–Crippen LogP) is 8.10. The van der Waals surface area contributed by atoms with E-state index < -0.39 is 34.0 Å². The van der Waals surface area contributed by atoms with Crippen molar-refractivity contribution < 1.29 is 29.0 Å². The van der Waals surface area contributed by atoms with Crippen LogP contribution in [0.2, 0.25) is 20.1 Å². The third-order valence-electron chi connectivity index (χ3n) is 6.23. The minimum Gasteiger partial charge on any atom is -0.478 e. The highest BCUT2D eigenvalue weighted by Gasteiger charge is 2.29. The monoisotopic (exact) mass is 674 g/mol. The topological polar surface area (TPSA) is 122 Å². The van der Waals surface area contributed by atoms with Gasteiger partial charge in [-0.1, -0.05) is 58.9 Å². The third kappa shape index (κ3) is 6.96. The number of rotatable bonds is 8. The Kier molecular flexibility index (Phi) is 10.5. The van der Waals surface area contributed by atoms with Gasteiger partial charge in [-0.2, -0.15) is 0 Å². The zero-order chi connectivity index (χ0) is 29.8. The van der Waals surface area contributed by atoms with Crippen LogP contribution >= 0.6 is 69.5 Å². The summed E-state index contributed by atoms with van der Waals surface area (Å²) in [6.45, 7) is 0. The quantitative estimate of drug-likeness (QED) is 0.0725. The molecular formula is C27H22Cl4N2O6S2. The van der Waals surface area contributed by atoms with E-state index in [1.54, 1.807) is 24.3 Å². The summed E-state index contributed by atoms with van der Waals surface area (Å²) in [6.07, 6.45) is 4.74. The average molecular weight is 676 g/mol. The molecule has 1 aliphatic rings. The van der Waals surface area contributed by atoms with Gasteiger partial charge in [0.25, 0.3) is 5.91 Å². The molecule has 0 saturated heterocycles. The van der Waals surface area contributed by atoms with Gasteiger partial charge in [0.05, 0.1) is 49.6 Å². The molecule has 1 aliphatic carbocycles. The molecule has 2 aromatic carbocycles. The molecule has 0 unspecified atom stereocenters. The summed E-state index contributed by atoms with van der Waals surface area (Å²) in [7, 11) is 1.32. The van der Waals surface area contributed by atoms with Gasteiger partial charge in [-0.05, 0) is 49.4 Å². The molecule has 1 aromatic heterocycles. The molecule has 0 saturated carbocycles. The SMILES string of the molecule is COC(=O)c1c(NC(=O)CSc2cccc(NC(=O)c3c(Cl)c(Cl)c(Cl)c(Cl)c3C(=O)O)c2)sc2c1CCCCC2. The van der Waals surface area contributed by atoms with Crippen LogP contribution < -0.4 is 10.6 Å². The Morgan fingerprint density at radius 2 is 1.61 bits per heavy atom. The first-order valence-electron chi connectivity index (χ1n) is 12.2. The number of fused-ring (bicyclic) bond motifs is 1. The molecule has 3 aromatic rings. The van der Waals surface area contributed by atoms with Crippen molar-refractivity contribution in [1.29, 1.82) is 0 Å². The van der Waals surface area contributed by atoms with E-state index in [4.69, 9.17) is 51.1 Å². The molecule has 0 fully saturated rings. The zero-order valence-electron chi connectivity index (χ0n) is 21.4. The Labute approximate surface area is 263 Å². The van der Waals surface area contributed by atoms with Crippen molar-refractivity contribution in [3.05, 3.63) is 71.5 Å². The van der Waals surface area contributed by atoms with Crippen molar-refractivity contribution in [1.82, 2.24) is 0 Å². The van der Waals surface area contributed by atoms with E-state index in [0.29, 0.717) is 21.1 Å². The van der Waals surface area contributed by atoms with Crippen LogP contribution in [0.1, 0.15) is 60.8 Å². The summed E-state index contributed by atoms with van der Waals surface area (Å²) in [6, 6.07) is 6.59. The molecule has 41 heavy (non-hydrogen) atoms. The van der Waals surface area contributed by atoms with Crippen molar-refractivity contribution in [3.8, 4) is 0 Å². The van der Waals surface area contributed by atoms with Gasteiger partial charge in [0.2, 0.25) is 5.91 Å². The highest BCUT2D eigenvalue weighted by molar-refractivity contribution is 8.00. The molecule has 2 amide bonds. The Hall–Kier alpha value is -2.47. The number of aromatic carboxylic acids is 1. The standard InChI is InChI=1S/C27H22Cl4N2O6S2/c1-39-27(38)17-14-8-3-2-4-9-15(14)41-25(17)33-16(34)11-40-13-7-5-6-12(10-13)32-24(35)18-19(26(36)37)21(29)23(31)22(30)20(18)28/h5-7,10H,2-4,8-9,11H2,1H3,(H,32,35)(H,33,34)(H,36,37). The first-order valence-corrected chi connectivity index (χ1v) is 15.5. The fraction of sp³-hybridized carbons (Fsp3) is 0.259. The number of benzene rings is 2. The maximum absolute atomic E-state index is 13.0. The molecule has 8 nitrogen and oxygen atoms in total. The molecule has 0 atom stereocenters. The second-order valence-electron chi connectivity index (χ2n) is 8.89. The number of nitrogens with one attached hydrogen (secondary N) is 2. The lowest BCUT2D eigenvalue weighted by molar-refractivity contribution is -0.113. The number of thioether (sulfide) groups is 1. The highest BCUT2D eigenvalue weighted by atomic mass is 35.5. The number of esters is 1. The second kappa shape index (κ2) is 13.7. The van der Waals surface area contributed by atoms with E-state index in [1.807, 2.05) is 0 Å². The number of carboxylic acids is 1. The summed E-state index contributed by atoms with van der Waals surface area (Å²) in [5.41, 5.74) is 0.680. The molecule has 0 aliphatic heterocycles. The minimum absolute atomic E-state index is 0.0258. The van der Waals surface area contributed by atoms with Gasteiger partial charge in [-0.3, -0.25) is 9.59 Å². The summed E-state index contributed by atoms with van der Waals surface area (Å²) in [5.74, 6) is -3.12. The number of ether oxygens (including phenoxy) is 1. The molecule has 0 radical (unpaired) electrons. The van der Waals surface area contributed by atoms with Crippen LogP contribution in [0.4, 0.5) is 10.7 Å². The molecular weight excluding hydrogens is 654 g/mol. The molecule has 0 bridgehead atoms. The number of hydrogen-bond acceptors (Lipinski definition) is 7. The molecule has 216 valence electrons. The van der Waals surface area contributed by atoms with Crippen LogP contribution in [0, 0.1) is 0 Å². The molecule has 14 heteroatoms. The minimum atomic E-state index is -1.51. The Balaban J connectivity index is 1.47. The largest absolute Gasteiger partial charge is 0.478 e. The fourth-order valence-corrected chi connectivity index (χ4v) is 7.43. The predicted molar refractivity (Wildman–Crippen MR) is 164 cm³/mol. The summed E-state index contributed by atoms with van der Waals surface area (Å²) in [4.78, 5) is 52.0. The average Bonchev–Trinajstić information content (AvgIpc) is 3.11. The Bertz CT molecular complexity index is 1560. The van der Waals surface area contributed by atoms with Gasteiger partial charge in [0.1, 0.15) is 5.00 Å². The zero-order valence-corrected chi connectivity index (χ0v) is 26.0. The summed E-state index contributed by atoms with van der Waals surface area (Å²) >= 11 is 26.8. The van der Waals surface area contributed by atoms with Crippen LogP contribution in [0.3, 0.4) is 0 Å². The van der Waals surface area contributed by atoms with Crippen LogP contribution in [-0.4, -0.2) is 41.7 Å². The van der Waals surface area contributed by atoms with Crippen LogP contribution in [0.25, 0.3) is 0 Å². The number of thiophene rings is 1. The number of anilines is 2. The maximum Gasteiger partial charge on any atom is 0.341 e. The van der Waals surface area contributed by atoms with Crippen LogP contribution in [0.5, 0.6) is 0 Å². The lowest BCUT2D eigenvalue weighted by Crippen LogP contribution is -2.18. The van der Waals surface area contributed by atoms with Crippen molar-refractivity contribution in [3.63, 3.8) is 0 Å². The first kappa shape index (κ1) is 31.5. The van der Waals surface area contributed by atoms with E-state index in [-0.39, 0.29) is 26.7 Å². The van der Waals surface area contributed by atoms with Crippen molar-refractivity contribution in [2.24, 2.45) is 0 Å². The molecule has 1 heterocycles. The van der Waals surface area contributed by atoms with Gasteiger partial charge in [0.15, 0.2) is 0 Å².